The van der Waals surface area contributed by atoms with Gasteiger partial charge < -0.3 is 15.1 Å². The van der Waals surface area contributed by atoms with E-state index in [1.807, 2.05) is 0 Å². The molecule has 1 amide bonds. The summed E-state index contributed by atoms with van der Waals surface area (Å²) in [5, 5.41) is 18.7. The summed E-state index contributed by atoms with van der Waals surface area (Å²) in [6, 6.07) is 9.65. The van der Waals surface area contributed by atoms with E-state index in [-0.39, 0.29) is 35.3 Å². The van der Waals surface area contributed by atoms with Crippen LogP contribution in [0.5, 0.6) is 11.5 Å². The molecule has 0 spiro atoms. The van der Waals surface area contributed by atoms with Gasteiger partial charge >= 0.3 is 0 Å². The largest absolute Gasteiger partial charge is 0.508 e. The average Bonchev–Trinajstić information content (AvgIpc) is 2.36. The smallest absolute Gasteiger partial charge is 0.254 e. The van der Waals surface area contributed by atoms with Crippen LogP contribution in [0.25, 0.3) is 0 Å². The molecule has 0 fully saturated rings. The second-order valence-corrected chi connectivity index (χ2v) is 4.53. The van der Waals surface area contributed by atoms with Crippen LogP contribution >= 0.6 is 0 Å². The molecule has 0 radical (unpaired) electrons. The molecule has 4 nitrogen and oxygen atoms in total. The van der Waals surface area contributed by atoms with Crippen molar-refractivity contribution in [3.05, 3.63) is 59.4 Å². The second-order valence-electron chi connectivity index (χ2n) is 4.53. The summed E-state index contributed by atoms with van der Waals surface area (Å²) in [5.74, 6) is -1.11. The molecule has 20 heavy (non-hydrogen) atoms. The summed E-state index contributed by atoms with van der Waals surface area (Å²) >= 11 is 0. The Kier molecular flexibility index (Phi) is 3.89. The highest BCUT2D eigenvalue weighted by Crippen LogP contribution is 2.21. The van der Waals surface area contributed by atoms with Crippen molar-refractivity contribution in [2.75, 3.05) is 7.05 Å². The number of halogens is 1. The number of hydrogen-bond acceptors (Lipinski definition) is 3. The summed E-state index contributed by atoms with van der Waals surface area (Å²) in [7, 11) is 1.56. The van der Waals surface area contributed by atoms with Gasteiger partial charge in [-0.3, -0.25) is 4.79 Å². The summed E-state index contributed by atoms with van der Waals surface area (Å²) in [6.07, 6.45) is 0. The van der Waals surface area contributed by atoms with Crippen molar-refractivity contribution in [2.24, 2.45) is 0 Å². The molecule has 2 aromatic carbocycles. The fourth-order valence-corrected chi connectivity index (χ4v) is 1.92. The van der Waals surface area contributed by atoms with E-state index in [9.17, 15) is 19.4 Å². The van der Waals surface area contributed by atoms with Crippen molar-refractivity contribution in [3.8, 4) is 11.5 Å². The predicted molar refractivity (Wildman–Crippen MR) is 72.0 cm³/mol. The minimum Gasteiger partial charge on any atom is -0.508 e. The number of benzene rings is 2. The van der Waals surface area contributed by atoms with Crippen molar-refractivity contribution < 1.29 is 19.4 Å². The number of carbonyl (C=O) groups is 1. The molecule has 2 rings (SSSR count). The molecule has 0 heterocycles. The second kappa shape index (κ2) is 5.61. The van der Waals surface area contributed by atoms with Gasteiger partial charge in [-0.05, 0) is 29.8 Å². The van der Waals surface area contributed by atoms with Gasteiger partial charge in [0.05, 0.1) is 0 Å². The molecule has 0 unspecified atom stereocenters. The van der Waals surface area contributed by atoms with Gasteiger partial charge in [0.25, 0.3) is 5.91 Å². The van der Waals surface area contributed by atoms with Gasteiger partial charge in [0.2, 0.25) is 0 Å². The summed E-state index contributed by atoms with van der Waals surface area (Å²) in [5.41, 5.74) is 0.826. The first-order valence-electron chi connectivity index (χ1n) is 5.98. The first kappa shape index (κ1) is 13.9. The quantitative estimate of drug-likeness (QED) is 0.904. The molecule has 0 bridgehead atoms. The lowest BCUT2D eigenvalue weighted by Gasteiger charge is -2.17. The lowest BCUT2D eigenvalue weighted by molar-refractivity contribution is 0.0784. The number of nitrogens with zero attached hydrogens (tertiary/aromatic N) is 1. The molecule has 0 saturated heterocycles. The first-order chi connectivity index (χ1) is 9.45. The number of hydrogen-bond donors (Lipinski definition) is 2. The third kappa shape index (κ3) is 3.26. The number of phenols is 2. The van der Waals surface area contributed by atoms with Crippen LogP contribution in [0.2, 0.25) is 0 Å². The lowest BCUT2D eigenvalue weighted by atomic mass is 10.1. The molecule has 0 atom stereocenters. The highest BCUT2D eigenvalue weighted by molar-refractivity contribution is 5.94. The van der Waals surface area contributed by atoms with E-state index in [1.54, 1.807) is 19.2 Å². The summed E-state index contributed by atoms with van der Waals surface area (Å²) in [6.45, 7) is 0.229. The number of phenolic OH excluding ortho intramolecular Hbond substituents is 2. The topological polar surface area (TPSA) is 60.8 Å². The van der Waals surface area contributed by atoms with E-state index in [0.717, 1.165) is 6.07 Å². The van der Waals surface area contributed by atoms with Gasteiger partial charge in [-0.2, -0.15) is 0 Å². The van der Waals surface area contributed by atoms with Gasteiger partial charge in [0.15, 0.2) is 0 Å². The Bertz CT molecular complexity index is 623. The molecule has 0 saturated carbocycles. The SMILES string of the molecule is CN(Cc1cccc(F)c1)C(=O)c1cc(O)cc(O)c1. The molecule has 0 aliphatic rings. The fraction of sp³-hybridized carbons (Fsp3) is 0.133. The summed E-state index contributed by atoms with van der Waals surface area (Å²) < 4.78 is 13.1. The Morgan fingerprint density at radius 3 is 2.40 bits per heavy atom. The van der Waals surface area contributed by atoms with Crippen LogP contribution in [0.4, 0.5) is 4.39 Å². The van der Waals surface area contributed by atoms with Crippen LogP contribution in [-0.4, -0.2) is 28.1 Å². The van der Waals surface area contributed by atoms with Crippen LogP contribution in [0, 0.1) is 5.82 Å². The molecular formula is C15H14FNO3. The Hall–Kier alpha value is -2.56. The van der Waals surface area contributed by atoms with Crippen LogP contribution in [0.1, 0.15) is 15.9 Å². The normalized spacial score (nSPS) is 10.3. The van der Waals surface area contributed by atoms with Gasteiger partial charge in [-0.25, -0.2) is 4.39 Å². The van der Waals surface area contributed by atoms with Crippen molar-refractivity contribution >= 4 is 5.91 Å². The van der Waals surface area contributed by atoms with E-state index in [1.165, 1.54) is 29.2 Å². The molecule has 104 valence electrons. The van der Waals surface area contributed by atoms with E-state index >= 15 is 0 Å². The number of amides is 1. The third-order valence-corrected chi connectivity index (χ3v) is 2.80. The Morgan fingerprint density at radius 2 is 1.80 bits per heavy atom. The van der Waals surface area contributed by atoms with Crippen LogP contribution in [0.15, 0.2) is 42.5 Å². The van der Waals surface area contributed by atoms with Gasteiger partial charge in [0.1, 0.15) is 17.3 Å². The Morgan fingerprint density at radius 1 is 1.15 bits per heavy atom. The van der Waals surface area contributed by atoms with E-state index in [2.05, 4.69) is 0 Å². The molecule has 5 heteroatoms. The van der Waals surface area contributed by atoms with Gasteiger partial charge in [-0.15, -0.1) is 0 Å². The van der Waals surface area contributed by atoms with Gasteiger partial charge in [0, 0.05) is 25.2 Å². The third-order valence-electron chi connectivity index (χ3n) is 2.80. The van der Waals surface area contributed by atoms with Crippen LogP contribution in [-0.2, 0) is 6.54 Å². The van der Waals surface area contributed by atoms with E-state index < -0.39 is 0 Å². The maximum atomic E-state index is 13.1. The first-order valence-corrected chi connectivity index (χ1v) is 5.98. The van der Waals surface area contributed by atoms with Crippen molar-refractivity contribution in [1.29, 1.82) is 0 Å². The zero-order valence-corrected chi connectivity index (χ0v) is 10.9. The monoisotopic (exact) mass is 275 g/mol. The van der Waals surface area contributed by atoms with E-state index in [0.29, 0.717) is 5.56 Å². The maximum Gasteiger partial charge on any atom is 0.254 e. The van der Waals surface area contributed by atoms with E-state index in [4.69, 9.17) is 0 Å². The molecule has 0 aliphatic heterocycles. The molecule has 2 aromatic rings. The highest BCUT2D eigenvalue weighted by atomic mass is 19.1. The van der Waals surface area contributed by atoms with Crippen molar-refractivity contribution in [2.45, 2.75) is 6.54 Å². The molecule has 2 N–H and O–H groups in total. The maximum absolute atomic E-state index is 13.1. The highest BCUT2D eigenvalue weighted by Gasteiger charge is 2.14. The number of carbonyl (C=O) groups excluding carboxylic acids is 1. The molecular weight excluding hydrogens is 261 g/mol. The Labute approximate surface area is 115 Å². The zero-order chi connectivity index (χ0) is 14.7. The van der Waals surface area contributed by atoms with Crippen LogP contribution in [0.3, 0.4) is 0 Å². The minimum atomic E-state index is -0.375. The lowest BCUT2D eigenvalue weighted by Crippen LogP contribution is -2.26. The van der Waals surface area contributed by atoms with Crippen molar-refractivity contribution in [1.82, 2.24) is 4.90 Å². The molecule has 0 aliphatic carbocycles. The summed E-state index contributed by atoms with van der Waals surface area (Å²) in [4.78, 5) is 13.5. The van der Waals surface area contributed by atoms with Gasteiger partial charge in [-0.1, -0.05) is 12.1 Å². The average molecular weight is 275 g/mol. The zero-order valence-electron chi connectivity index (χ0n) is 10.9. The number of aromatic hydroxyl groups is 2. The standard InChI is InChI=1S/C15H14FNO3/c1-17(9-10-3-2-4-12(16)5-10)15(20)11-6-13(18)8-14(19)7-11/h2-8,18-19H,9H2,1H3. The van der Waals surface area contributed by atoms with Crippen molar-refractivity contribution in [3.63, 3.8) is 0 Å². The minimum absolute atomic E-state index is 0.168. The number of rotatable bonds is 3. The molecule has 0 aromatic heterocycles. The van der Waals surface area contributed by atoms with Crippen LogP contribution < -0.4 is 0 Å². The Balaban J connectivity index is 2.16. The predicted octanol–water partition coefficient (Wildman–Crippen LogP) is 2.51. The fourth-order valence-electron chi connectivity index (χ4n) is 1.92.